The Kier molecular flexibility index (Phi) is 5.15. The molecule has 0 fully saturated rings. The number of pyridine rings is 1. The number of aryl methyl sites for hydroxylation is 1. The van der Waals surface area contributed by atoms with Crippen molar-refractivity contribution in [1.29, 1.82) is 0 Å². The summed E-state index contributed by atoms with van der Waals surface area (Å²) in [6.45, 7) is 1.98. The van der Waals surface area contributed by atoms with Crippen LogP contribution in [0.4, 0.5) is 5.69 Å². The van der Waals surface area contributed by atoms with E-state index in [1.807, 2.05) is 38.1 Å². The number of amides is 1. The Hall–Kier alpha value is -2.21. The van der Waals surface area contributed by atoms with Crippen LogP contribution in [0.2, 0.25) is 0 Å². The average Bonchev–Trinajstić information content (AvgIpc) is 2.54. The highest BCUT2D eigenvalue weighted by Crippen LogP contribution is 2.18. The Bertz CT molecular complexity index is 820. The summed E-state index contributed by atoms with van der Waals surface area (Å²) in [4.78, 5) is 18.8. The maximum atomic E-state index is 12.8. The number of anilines is 1. The van der Waals surface area contributed by atoms with Crippen molar-refractivity contribution in [2.45, 2.75) is 18.2 Å². The average molecular weight is 331 g/mol. The molecule has 2 aromatic rings. The van der Waals surface area contributed by atoms with Gasteiger partial charge in [-0.2, -0.15) is 4.36 Å². The van der Waals surface area contributed by atoms with Crippen molar-refractivity contribution in [1.82, 2.24) is 4.98 Å². The molecule has 0 radical (unpaired) electrons. The lowest BCUT2D eigenvalue weighted by atomic mass is 10.1. The quantitative estimate of drug-likeness (QED) is 0.864. The molecule has 1 aromatic carbocycles. The number of rotatable bonds is 4. The first kappa shape index (κ1) is 17.1. The first-order chi connectivity index (χ1) is 10.8. The summed E-state index contributed by atoms with van der Waals surface area (Å²) in [6.07, 6.45) is 5.42. The van der Waals surface area contributed by atoms with Crippen molar-refractivity contribution < 1.29 is 9.00 Å². The van der Waals surface area contributed by atoms with E-state index in [-0.39, 0.29) is 0 Å². The first-order valence-electron chi connectivity index (χ1n) is 7.31. The highest BCUT2D eigenvalue weighted by molar-refractivity contribution is 7.93. The molecule has 0 aliphatic heterocycles. The Morgan fingerprint density at radius 3 is 2.43 bits per heavy atom. The van der Waals surface area contributed by atoms with Gasteiger partial charge in [-0.25, -0.2) is 4.21 Å². The Balaban J connectivity index is 2.35. The normalized spacial score (nSPS) is 13.2. The number of hydrogen-bond donors (Lipinski definition) is 0. The van der Waals surface area contributed by atoms with Gasteiger partial charge in [-0.3, -0.25) is 9.78 Å². The van der Waals surface area contributed by atoms with Crippen molar-refractivity contribution in [2.24, 2.45) is 4.36 Å². The van der Waals surface area contributed by atoms with Crippen LogP contribution in [0.1, 0.15) is 22.8 Å². The third-order valence-corrected chi connectivity index (χ3v) is 5.16. The number of carbonyl (C=O) groups excluding carboxylic acids is 1. The van der Waals surface area contributed by atoms with E-state index in [0.29, 0.717) is 10.5 Å². The predicted octanol–water partition coefficient (Wildman–Crippen LogP) is 3.01. The van der Waals surface area contributed by atoms with Crippen molar-refractivity contribution in [2.75, 3.05) is 25.3 Å². The van der Waals surface area contributed by atoms with E-state index >= 15 is 0 Å². The maximum Gasteiger partial charge on any atom is 0.286 e. The topological polar surface area (TPSA) is 62.6 Å². The molecule has 0 aliphatic rings. The summed E-state index contributed by atoms with van der Waals surface area (Å²) in [6, 6.07) is 8.95. The zero-order chi connectivity index (χ0) is 17.0. The second-order valence-corrected chi connectivity index (χ2v) is 7.78. The molecule has 0 saturated carbocycles. The molecule has 1 atom stereocenters. The molecule has 1 aromatic heterocycles. The van der Waals surface area contributed by atoms with E-state index in [0.717, 1.165) is 17.7 Å². The number of benzene rings is 1. The number of carbonyl (C=O) groups is 1. The summed E-state index contributed by atoms with van der Waals surface area (Å²) < 4.78 is 16.7. The van der Waals surface area contributed by atoms with Gasteiger partial charge >= 0.3 is 0 Å². The molecule has 1 amide bonds. The largest absolute Gasteiger partial charge is 0.378 e. The van der Waals surface area contributed by atoms with E-state index in [1.54, 1.807) is 24.4 Å². The van der Waals surface area contributed by atoms with E-state index in [1.165, 1.54) is 12.5 Å². The summed E-state index contributed by atoms with van der Waals surface area (Å²) in [5.74, 6) is -0.503. The SMILES string of the molecule is CCc1cncc(C(=O)N=S(C)(=O)c2ccc(N(C)C)cc2)c1. The molecular weight excluding hydrogens is 310 g/mol. The zero-order valence-electron chi connectivity index (χ0n) is 13.8. The Morgan fingerprint density at radius 1 is 1.22 bits per heavy atom. The summed E-state index contributed by atoms with van der Waals surface area (Å²) in [7, 11) is 1.07. The monoisotopic (exact) mass is 331 g/mol. The third kappa shape index (κ3) is 4.16. The van der Waals surface area contributed by atoms with E-state index in [2.05, 4.69) is 9.35 Å². The minimum absolute atomic E-state index is 0.365. The van der Waals surface area contributed by atoms with Gasteiger partial charge in [0.15, 0.2) is 0 Å². The Labute approximate surface area is 137 Å². The van der Waals surface area contributed by atoms with Crippen molar-refractivity contribution >= 4 is 21.3 Å². The fourth-order valence-electron chi connectivity index (χ4n) is 2.06. The molecular formula is C17H21N3O2S. The maximum absolute atomic E-state index is 12.8. The van der Waals surface area contributed by atoms with Gasteiger partial charge in [0, 0.05) is 43.3 Å². The molecule has 1 unspecified atom stereocenters. The molecule has 6 heteroatoms. The van der Waals surface area contributed by atoms with Crippen LogP contribution in [0, 0.1) is 0 Å². The molecule has 1 heterocycles. The molecule has 122 valence electrons. The standard InChI is InChI=1S/C17H21N3O2S/c1-5-13-10-14(12-18-11-13)17(21)19-23(4,22)16-8-6-15(7-9-16)20(2)3/h6-12H,5H2,1-4H3. The lowest BCUT2D eigenvalue weighted by Gasteiger charge is -2.13. The van der Waals surface area contributed by atoms with Crippen molar-refractivity contribution in [3.05, 3.63) is 53.9 Å². The minimum atomic E-state index is -2.79. The molecule has 0 bridgehead atoms. The summed E-state index contributed by atoms with van der Waals surface area (Å²) in [5, 5.41) is 0. The van der Waals surface area contributed by atoms with E-state index < -0.39 is 15.6 Å². The Morgan fingerprint density at radius 2 is 1.87 bits per heavy atom. The van der Waals surface area contributed by atoms with Crippen LogP contribution in [0.15, 0.2) is 52.0 Å². The molecule has 5 nitrogen and oxygen atoms in total. The van der Waals surface area contributed by atoms with Crippen LogP contribution in [0.5, 0.6) is 0 Å². The van der Waals surface area contributed by atoms with Gasteiger partial charge in [-0.1, -0.05) is 6.92 Å². The van der Waals surface area contributed by atoms with Crippen LogP contribution in [0.25, 0.3) is 0 Å². The minimum Gasteiger partial charge on any atom is -0.378 e. The summed E-state index contributed by atoms with van der Waals surface area (Å²) >= 11 is 0. The van der Waals surface area contributed by atoms with Gasteiger partial charge in [0.2, 0.25) is 0 Å². The van der Waals surface area contributed by atoms with Crippen molar-refractivity contribution in [3.8, 4) is 0 Å². The smallest absolute Gasteiger partial charge is 0.286 e. The molecule has 0 saturated heterocycles. The van der Waals surface area contributed by atoms with Crippen molar-refractivity contribution in [3.63, 3.8) is 0 Å². The van der Waals surface area contributed by atoms with Gasteiger partial charge in [0.05, 0.1) is 15.3 Å². The number of nitrogens with zero attached hydrogens (tertiary/aromatic N) is 3. The second-order valence-electron chi connectivity index (χ2n) is 5.52. The highest BCUT2D eigenvalue weighted by atomic mass is 32.2. The molecule has 0 N–H and O–H groups in total. The highest BCUT2D eigenvalue weighted by Gasteiger charge is 2.12. The van der Waals surface area contributed by atoms with Gasteiger partial charge in [0.25, 0.3) is 5.91 Å². The van der Waals surface area contributed by atoms with Crippen LogP contribution in [-0.2, 0) is 16.1 Å². The lowest BCUT2D eigenvalue weighted by molar-refractivity contribution is 0.100. The van der Waals surface area contributed by atoms with Gasteiger partial charge in [-0.15, -0.1) is 0 Å². The molecule has 2 rings (SSSR count). The first-order valence-corrected chi connectivity index (χ1v) is 9.23. The fourth-order valence-corrected chi connectivity index (χ4v) is 3.23. The van der Waals surface area contributed by atoms with E-state index in [4.69, 9.17) is 0 Å². The molecule has 0 spiro atoms. The van der Waals surface area contributed by atoms with E-state index in [9.17, 15) is 9.00 Å². The van der Waals surface area contributed by atoms with Gasteiger partial charge in [-0.05, 0) is 42.3 Å². The number of aromatic nitrogens is 1. The van der Waals surface area contributed by atoms with Crippen LogP contribution in [-0.4, -0.2) is 35.5 Å². The van der Waals surface area contributed by atoms with Crippen LogP contribution < -0.4 is 4.90 Å². The second kappa shape index (κ2) is 6.91. The summed E-state index contributed by atoms with van der Waals surface area (Å²) in [5.41, 5.74) is 2.31. The van der Waals surface area contributed by atoms with Gasteiger partial charge < -0.3 is 4.90 Å². The van der Waals surface area contributed by atoms with Crippen LogP contribution >= 0.6 is 0 Å². The number of hydrogen-bond acceptors (Lipinski definition) is 4. The fraction of sp³-hybridized carbons (Fsp3) is 0.294. The molecule has 0 aliphatic carbocycles. The van der Waals surface area contributed by atoms with Crippen LogP contribution in [0.3, 0.4) is 0 Å². The molecule has 23 heavy (non-hydrogen) atoms. The van der Waals surface area contributed by atoms with Gasteiger partial charge in [0.1, 0.15) is 0 Å². The predicted molar refractivity (Wildman–Crippen MR) is 93.5 cm³/mol. The third-order valence-electron chi connectivity index (χ3n) is 3.50. The lowest BCUT2D eigenvalue weighted by Crippen LogP contribution is -2.09. The zero-order valence-corrected chi connectivity index (χ0v) is 14.6.